The van der Waals surface area contributed by atoms with Gasteiger partial charge in [0.2, 0.25) is 0 Å². The molecule has 0 heterocycles. The fourth-order valence-corrected chi connectivity index (χ4v) is 2.12. The average Bonchev–Trinajstić information content (AvgIpc) is 2.59. The van der Waals surface area contributed by atoms with Crippen LogP contribution in [0.2, 0.25) is 0 Å². The number of nitrogens with zero attached hydrogens (tertiary/aromatic N) is 1. The van der Waals surface area contributed by atoms with Gasteiger partial charge in [-0.3, -0.25) is 5.43 Å². The van der Waals surface area contributed by atoms with E-state index in [4.69, 9.17) is 17.0 Å². The van der Waals surface area contributed by atoms with Gasteiger partial charge in [0.1, 0.15) is 12.4 Å². The smallest absolute Gasteiger partial charge is 0.186 e. The van der Waals surface area contributed by atoms with Crippen LogP contribution in [0.15, 0.2) is 59.7 Å². The van der Waals surface area contributed by atoms with Crippen LogP contribution in [0.25, 0.3) is 0 Å². The third-order valence-corrected chi connectivity index (χ3v) is 3.42. The zero-order valence-corrected chi connectivity index (χ0v) is 14.2. The number of hydrogen-bond acceptors (Lipinski definition) is 3. The quantitative estimate of drug-likeness (QED) is 0.484. The Hall–Kier alpha value is -2.40. The first-order valence-electron chi connectivity index (χ1n) is 7.54. The molecule has 2 rings (SSSR count). The third-order valence-electron chi connectivity index (χ3n) is 3.18. The second-order valence-corrected chi connectivity index (χ2v) is 5.38. The Labute approximate surface area is 142 Å². The van der Waals surface area contributed by atoms with Gasteiger partial charge in [0, 0.05) is 6.54 Å². The summed E-state index contributed by atoms with van der Waals surface area (Å²) in [5.41, 5.74) is 5.85. The lowest BCUT2D eigenvalue weighted by Crippen LogP contribution is -2.32. The zero-order chi connectivity index (χ0) is 16.5. The molecule has 0 aliphatic heterocycles. The number of rotatable bonds is 6. The van der Waals surface area contributed by atoms with Gasteiger partial charge in [-0.1, -0.05) is 30.3 Å². The molecule has 4 nitrogen and oxygen atoms in total. The van der Waals surface area contributed by atoms with Gasteiger partial charge in [-0.05, 0) is 61.5 Å². The molecule has 0 aliphatic carbocycles. The molecule has 0 amide bonds. The number of benzene rings is 2. The van der Waals surface area contributed by atoms with Crippen LogP contribution in [0.1, 0.15) is 25.0 Å². The predicted molar refractivity (Wildman–Crippen MR) is 98.8 cm³/mol. The van der Waals surface area contributed by atoms with Gasteiger partial charge in [0.15, 0.2) is 5.11 Å². The molecule has 2 aromatic carbocycles. The molecule has 0 atom stereocenters. The SMILES string of the molecule is CCNC(=S)N/N=C(/C)c1ccc(OCc2ccccc2)cc1. The van der Waals surface area contributed by atoms with Gasteiger partial charge in [-0.25, -0.2) is 0 Å². The van der Waals surface area contributed by atoms with E-state index in [-0.39, 0.29) is 0 Å². The number of ether oxygens (including phenoxy) is 1. The molecule has 2 aromatic rings. The third kappa shape index (κ3) is 5.71. The minimum absolute atomic E-state index is 0.523. The van der Waals surface area contributed by atoms with Crippen LogP contribution < -0.4 is 15.5 Å². The van der Waals surface area contributed by atoms with Crippen molar-refractivity contribution in [1.29, 1.82) is 0 Å². The summed E-state index contributed by atoms with van der Waals surface area (Å²) in [6, 6.07) is 18.0. The highest BCUT2D eigenvalue weighted by Gasteiger charge is 2.00. The molecule has 0 radical (unpaired) electrons. The standard InChI is InChI=1S/C18H21N3OS/c1-3-19-18(23)21-20-14(2)16-9-11-17(12-10-16)22-13-15-7-5-4-6-8-15/h4-12H,3,13H2,1-2H3,(H2,19,21,23)/b20-14-. The Morgan fingerprint density at radius 3 is 2.43 bits per heavy atom. The minimum atomic E-state index is 0.523. The van der Waals surface area contributed by atoms with E-state index < -0.39 is 0 Å². The van der Waals surface area contributed by atoms with Gasteiger partial charge in [0.05, 0.1) is 5.71 Å². The second kappa shape index (κ2) is 8.90. The molecular formula is C18H21N3OS. The minimum Gasteiger partial charge on any atom is -0.489 e. The lowest BCUT2D eigenvalue weighted by Gasteiger charge is -2.08. The first kappa shape index (κ1) is 17.0. The predicted octanol–water partition coefficient (Wildman–Crippen LogP) is 3.47. The zero-order valence-electron chi connectivity index (χ0n) is 13.4. The van der Waals surface area contributed by atoms with Crippen molar-refractivity contribution >= 4 is 23.0 Å². The summed E-state index contributed by atoms with van der Waals surface area (Å²) in [5.74, 6) is 0.835. The van der Waals surface area contributed by atoms with Gasteiger partial charge in [-0.15, -0.1) is 0 Å². The first-order valence-corrected chi connectivity index (χ1v) is 7.95. The van der Waals surface area contributed by atoms with Crippen molar-refractivity contribution in [2.24, 2.45) is 5.10 Å². The Morgan fingerprint density at radius 1 is 1.09 bits per heavy atom. The molecule has 2 N–H and O–H groups in total. The van der Waals surface area contributed by atoms with E-state index in [2.05, 4.69) is 15.8 Å². The van der Waals surface area contributed by atoms with E-state index in [0.717, 1.165) is 29.1 Å². The fraction of sp³-hybridized carbons (Fsp3) is 0.222. The van der Waals surface area contributed by atoms with E-state index in [1.54, 1.807) is 0 Å². The summed E-state index contributed by atoms with van der Waals surface area (Å²) in [5, 5.41) is 7.77. The highest BCUT2D eigenvalue weighted by atomic mass is 32.1. The van der Waals surface area contributed by atoms with Crippen molar-refractivity contribution in [3.8, 4) is 5.75 Å². The average molecular weight is 327 g/mol. The van der Waals surface area contributed by atoms with Crippen LogP contribution in [0.3, 0.4) is 0 Å². The van der Waals surface area contributed by atoms with Crippen LogP contribution in [0.5, 0.6) is 5.75 Å². The number of hydrazone groups is 1. The highest BCUT2D eigenvalue weighted by Crippen LogP contribution is 2.14. The Balaban J connectivity index is 1.91. The Morgan fingerprint density at radius 2 is 1.78 bits per heavy atom. The molecule has 0 bridgehead atoms. The molecule has 5 heteroatoms. The summed E-state index contributed by atoms with van der Waals surface area (Å²) < 4.78 is 5.77. The van der Waals surface area contributed by atoms with Gasteiger partial charge >= 0.3 is 0 Å². The van der Waals surface area contributed by atoms with Gasteiger partial charge < -0.3 is 10.1 Å². The molecule has 0 saturated heterocycles. The van der Waals surface area contributed by atoms with Crippen molar-refractivity contribution in [3.63, 3.8) is 0 Å². The van der Waals surface area contributed by atoms with Crippen molar-refractivity contribution < 1.29 is 4.74 Å². The normalized spacial score (nSPS) is 11.0. The van der Waals surface area contributed by atoms with Crippen LogP contribution in [-0.4, -0.2) is 17.4 Å². The molecule has 0 aromatic heterocycles. The Bertz CT molecular complexity index is 654. The van der Waals surface area contributed by atoms with Gasteiger partial charge in [-0.2, -0.15) is 5.10 Å². The molecule has 0 spiro atoms. The van der Waals surface area contributed by atoms with Crippen molar-refractivity contribution in [1.82, 2.24) is 10.7 Å². The summed E-state index contributed by atoms with van der Waals surface area (Å²) >= 11 is 5.07. The molecule has 23 heavy (non-hydrogen) atoms. The molecule has 120 valence electrons. The van der Waals surface area contributed by atoms with Crippen molar-refractivity contribution in [3.05, 3.63) is 65.7 Å². The maximum absolute atomic E-state index is 5.77. The molecule has 0 saturated carbocycles. The topological polar surface area (TPSA) is 45.7 Å². The van der Waals surface area contributed by atoms with E-state index >= 15 is 0 Å². The summed E-state index contributed by atoms with van der Waals surface area (Å²) in [4.78, 5) is 0. The molecule has 0 fully saturated rings. The van der Waals surface area contributed by atoms with E-state index in [0.29, 0.717) is 11.7 Å². The molecule has 0 aliphatic rings. The van der Waals surface area contributed by atoms with E-state index in [1.165, 1.54) is 0 Å². The summed E-state index contributed by atoms with van der Waals surface area (Å²) in [6.45, 7) is 5.25. The van der Waals surface area contributed by atoms with E-state index in [1.807, 2.05) is 68.4 Å². The largest absolute Gasteiger partial charge is 0.489 e. The van der Waals surface area contributed by atoms with E-state index in [9.17, 15) is 0 Å². The van der Waals surface area contributed by atoms with Crippen LogP contribution in [-0.2, 0) is 6.61 Å². The fourth-order valence-electron chi connectivity index (χ4n) is 1.93. The Kier molecular flexibility index (Phi) is 6.56. The first-order chi connectivity index (χ1) is 11.2. The van der Waals surface area contributed by atoms with Crippen molar-refractivity contribution in [2.75, 3.05) is 6.54 Å². The molecular weight excluding hydrogens is 306 g/mol. The maximum Gasteiger partial charge on any atom is 0.186 e. The van der Waals surface area contributed by atoms with Crippen LogP contribution >= 0.6 is 12.2 Å². The lowest BCUT2D eigenvalue weighted by molar-refractivity contribution is 0.306. The van der Waals surface area contributed by atoms with Gasteiger partial charge in [0.25, 0.3) is 0 Å². The highest BCUT2D eigenvalue weighted by molar-refractivity contribution is 7.80. The maximum atomic E-state index is 5.77. The van der Waals surface area contributed by atoms with Crippen LogP contribution in [0, 0.1) is 0 Å². The summed E-state index contributed by atoms with van der Waals surface area (Å²) in [7, 11) is 0. The second-order valence-electron chi connectivity index (χ2n) is 4.97. The number of nitrogens with one attached hydrogen (secondary N) is 2. The molecule has 0 unspecified atom stereocenters. The van der Waals surface area contributed by atoms with Crippen molar-refractivity contribution in [2.45, 2.75) is 20.5 Å². The van der Waals surface area contributed by atoms with Crippen LogP contribution in [0.4, 0.5) is 0 Å². The summed E-state index contributed by atoms with van der Waals surface area (Å²) in [6.07, 6.45) is 0. The monoisotopic (exact) mass is 327 g/mol. The lowest BCUT2D eigenvalue weighted by atomic mass is 10.1. The number of hydrogen-bond donors (Lipinski definition) is 2. The number of thiocarbonyl (C=S) groups is 1.